The summed E-state index contributed by atoms with van der Waals surface area (Å²) >= 11 is 6.82. The van der Waals surface area contributed by atoms with Gasteiger partial charge in [0.15, 0.2) is 11.5 Å². The Morgan fingerprint density at radius 3 is 2.41 bits per heavy atom. The zero-order chi connectivity index (χ0) is 31.1. The normalized spacial score (nSPS) is 16.4. The van der Waals surface area contributed by atoms with Gasteiger partial charge in [0, 0.05) is 31.7 Å². The van der Waals surface area contributed by atoms with Gasteiger partial charge in [0.1, 0.15) is 16.7 Å². The van der Waals surface area contributed by atoms with Crippen molar-refractivity contribution in [3.63, 3.8) is 0 Å². The summed E-state index contributed by atoms with van der Waals surface area (Å²) in [6.45, 7) is 4.97. The van der Waals surface area contributed by atoms with Crippen molar-refractivity contribution < 1.29 is 33.6 Å². The summed E-state index contributed by atoms with van der Waals surface area (Å²) in [5, 5.41) is 9.13. The number of methoxy groups -OCH3 is 2. The van der Waals surface area contributed by atoms with Gasteiger partial charge in [-0.2, -0.15) is 0 Å². The molecule has 3 aromatic rings. The highest BCUT2D eigenvalue weighted by molar-refractivity contribution is 8.26. The van der Waals surface area contributed by atoms with E-state index < -0.39 is 5.97 Å². The number of ether oxygens (including phenoxy) is 4. The summed E-state index contributed by atoms with van der Waals surface area (Å²) in [5.41, 5.74) is 3.74. The van der Waals surface area contributed by atoms with E-state index in [0.717, 1.165) is 60.9 Å². The fourth-order valence-electron chi connectivity index (χ4n) is 5.00. The monoisotopic (exact) mass is 634 g/mol. The van der Waals surface area contributed by atoms with Crippen molar-refractivity contribution in [3.8, 4) is 28.4 Å². The smallest absolute Gasteiger partial charge is 0.335 e. The fraction of sp³-hybridized carbons (Fsp3) is 0.303. The predicted octanol–water partition coefficient (Wildman–Crippen LogP) is 5.22. The van der Waals surface area contributed by atoms with Gasteiger partial charge < -0.3 is 24.1 Å². The topological polar surface area (TPSA) is 97.8 Å². The number of nitrogens with zero attached hydrogens (tertiary/aromatic N) is 2. The van der Waals surface area contributed by atoms with Crippen LogP contribution in [-0.4, -0.2) is 91.3 Å². The van der Waals surface area contributed by atoms with E-state index in [4.69, 9.17) is 36.3 Å². The van der Waals surface area contributed by atoms with E-state index in [2.05, 4.69) is 4.90 Å². The molecule has 2 heterocycles. The van der Waals surface area contributed by atoms with Crippen LogP contribution in [0.4, 0.5) is 0 Å². The molecule has 0 spiro atoms. The highest BCUT2D eigenvalue weighted by Crippen LogP contribution is 2.38. The van der Waals surface area contributed by atoms with Crippen molar-refractivity contribution in [3.05, 3.63) is 82.3 Å². The third-order valence-electron chi connectivity index (χ3n) is 7.46. The van der Waals surface area contributed by atoms with Gasteiger partial charge in [-0.25, -0.2) is 4.79 Å². The molecule has 0 saturated carbocycles. The van der Waals surface area contributed by atoms with Crippen LogP contribution in [0.3, 0.4) is 0 Å². The number of carbonyl (C=O) groups is 2. The van der Waals surface area contributed by atoms with Crippen LogP contribution in [-0.2, 0) is 16.0 Å². The standard InChI is InChI=1S/C33H34N2O7S2/c1-39-28-10-8-25(21-29(28)40-2)26-19-23(5-9-27(26)42-18-15-34-13-16-41-17-14-34)20-30-31(36)35(33(43)44-30)12-11-22-3-6-24(7-4-22)32(37)38/h3-10,19-21H,11-18H2,1-2H3,(H,37,38). The fourth-order valence-corrected chi connectivity index (χ4v) is 6.31. The maximum atomic E-state index is 13.4. The molecule has 0 aliphatic carbocycles. The van der Waals surface area contributed by atoms with E-state index in [9.17, 15) is 9.59 Å². The first-order valence-electron chi connectivity index (χ1n) is 14.2. The molecular formula is C33H34N2O7S2. The molecule has 1 amide bonds. The Kier molecular flexibility index (Phi) is 10.5. The van der Waals surface area contributed by atoms with Gasteiger partial charge in [0.05, 0.1) is 37.9 Å². The molecule has 2 aliphatic rings. The number of hydrogen-bond donors (Lipinski definition) is 1. The molecule has 2 fully saturated rings. The number of thiocarbonyl (C=S) groups is 1. The number of carbonyl (C=O) groups excluding carboxylic acids is 1. The largest absolute Gasteiger partial charge is 0.493 e. The van der Waals surface area contributed by atoms with Gasteiger partial charge in [-0.15, -0.1) is 0 Å². The molecule has 2 saturated heterocycles. The molecule has 0 bridgehead atoms. The van der Waals surface area contributed by atoms with E-state index in [1.54, 1.807) is 43.4 Å². The predicted molar refractivity (Wildman–Crippen MR) is 175 cm³/mol. The lowest BCUT2D eigenvalue weighted by Gasteiger charge is -2.26. The average Bonchev–Trinajstić information content (AvgIpc) is 3.31. The number of carboxylic acids is 1. The van der Waals surface area contributed by atoms with Crippen LogP contribution in [0.2, 0.25) is 0 Å². The Morgan fingerprint density at radius 1 is 0.977 bits per heavy atom. The van der Waals surface area contributed by atoms with Gasteiger partial charge in [-0.05, 0) is 65.6 Å². The van der Waals surface area contributed by atoms with Crippen LogP contribution < -0.4 is 14.2 Å². The average molecular weight is 635 g/mol. The minimum Gasteiger partial charge on any atom is -0.493 e. The second-order valence-electron chi connectivity index (χ2n) is 10.2. The summed E-state index contributed by atoms with van der Waals surface area (Å²) in [5.74, 6) is 0.835. The Balaban J connectivity index is 1.35. The third kappa shape index (κ3) is 7.59. The first-order valence-corrected chi connectivity index (χ1v) is 15.5. The van der Waals surface area contributed by atoms with E-state index in [1.165, 1.54) is 11.8 Å². The third-order valence-corrected chi connectivity index (χ3v) is 8.84. The lowest BCUT2D eigenvalue weighted by atomic mass is 10.0. The number of rotatable bonds is 12. The molecule has 0 aromatic heterocycles. The van der Waals surface area contributed by atoms with Gasteiger partial charge >= 0.3 is 5.97 Å². The lowest BCUT2D eigenvalue weighted by molar-refractivity contribution is -0.122. The molecule has 5 rings (SSSR count). The van der Waals surface area contributed by atoms with E-state index in [0.29, 0.717) is 40.3 Å². The molecule has 0 unspecified atom stereocenters. The molecule has 44 heavy (non-hydrogen) atoms. The summed E-state index contributed by atoms with van der Waals surface area (Å²) < 4.78 is 23.2. The van der Waals surface area contributed by atoms with Gasteiger partial charge in [0.25, 0.3) is 5.91 Å². The van der Waals surface area contributed by atoms with Crippen molar-refractivity contribution in [2.24, 2.45) is 0 Å². The van der Waals surface area contributed by atoms with E-state index in [1.807, 2.05) is 42.5 Å². The van der Waals surface area contributed by atoms with Crippen LogP contribution in [0.5, 0.6) is 17.2 Å². The zero-order valence-electron chi connectivity index (χ0n) is 24.6. The van der Waals surface area contributed by atoms with Crippen molar-refractivity contribution in [2.75, 3.05) is 60.2 Å². The highest BCUT2D eigenvalue weighted by Gasteiger charge is 2.31. The molecule has 9 nitrogen and oxygen atoms in total. The van der Waals surface area contributed by atoms with Crippen molar-refractivity contribution in [1.82, 2.24) is 9.80 Å². The number of benzene rings is 3. The van der Waals surface area contributed by atoms with E-state index >= 15 is 0 Å². The van der Waals surface area contributed by atoms with Gasteiger partial charge in [-0.1, -0.05) is 48.2 Å². The number of thioether (sulfide) groups is 1. The van der Waals surface area contributed by atoms with Crippen LogP contribution in [0.15, 0.2) is 65.6 Å². The summed E-state index contributed by atoms with van der Waals surface area (Å²) in [6.07, 6.45) is 2.41. The second-order valence-corrected chi connectivity index (χ2v) is 11.9. The van der Waals surface area contributed by atoms with E-state index in [-0.39, 0.29) is 11.5 Å². The Hall–Kier alpha value is -3.90. The van der Waals surface area contributed by atoms with Crippen molar-refractivity contribution >= 4 is 46.3 Å². The minimum absolute atomic E-state index is 0.152. The molecule has 230 valence electrons. The second kappa shape index (κ2) is 14.7. The van der Waals surface area contributed by atoms with Crippen LogP contribution >= 0.6 is 24.0 Å². The van der Waals surface area contributed by atoms with Crippen LogP contribution in [0.25, 0.3) is 17.2 Å². The van der Waals surface area contributed by atoms with Crippen LogP contribution in [0.1, 0.15) is 21.5 Å². The first kappa shape index (κ1) is 31.5. The molecule has 3 aromatic carbocycles. The molecule has 0 radical (unpaired) electrons. The Morgan fingerprint density at radius 2 is 1.70 bits per heavy atom. The number of amides is 1. The SMILES string of the molecule is COc1ccc(-c2cc(C=C3SC(=S)N(CCc4ccc(C(=O)O)cc4)C3=O)ccc2OCCN2CCOCC2)cc1OC. The van der Waals surface area contributed by atoms with Crippen LogP contribution in [0, 0.1) is 0 Å². The summed E-state index contributed by atoms with van der Waals surface area (Å²) in [6, 6.07) is 18.2. The Bertz CT molecular complexity index is 1550. The summed E-state index contributed by atoms with van der Waals surface area (Å²) in [4.78, 5) is 28.9. The van der Waals surface area contributed by atoms with Gasteiger partial charge in [0.2, 0.25) is 0 Å². The van der Waals surface area contributed by atoms with Crippen molar-refractivity contribution in [2.45, 2.75) is 6.42 Å². The van der Waals surface area contributed by atoms with Gasteiger partial charge in [-0.3, -0.25) is 14.6 Å². The highest BCUT2D eigenvalue weighted by atomic mass is 32.2. The first-order chi connectivity index (χ1) is 21.4. The molecule has 0 atom stereocenters. The number of aromatic carboxylic acids is 1. The summed E-state index contributed by atoms with van der Waals surface area (Å²) in [7, 11) is 3.20. The molecule has 11 heteroatoms. The number of hydrogen-bond acceptors (Lipinski definition) is 9. The molecule has 2 aliphatic heterocycles. The number of carboxylic acid groups (broad SMARTS) is 1. The molecule has 1 N–H and O–H groups in total. The maximum Gasteiger partial charge on any atom is 0.335 e. The lowest BCUT2D eigenvalue weighted by Crippen LogP contribution is -2.38. The Labute approximate surface area is 266 Å². The quantitative estimate of drug-likeness (QED) is 0.211. The molecular weight excluding hydrogens is 601 g/mol. The zero-order valence-corrected chi connectivity index (χ0v) is 26.2. The minimum atomic E-state index is -0.972. The number of morpholine rings is 1. The van der Waals surface area contributed by atoms with Crippen molar-refractivity contribution in [1.29, 1.82) is 0 Å². The maximum absolute atomic E-state index is 13.4.